The molecule has 4 heteroatoms. The van der Waals surface area contributed by atoms with Crippen molar-refractivity contribution in [3.05, 3.63) is 29.8 Å². The Morgan fingerprint density at radius 3 is 2.92 bits per heavy atom. The predicted octanol–water partition coefficient (Wildman–Crippen LogP) is 0.623. The standard InChI is InChI=1S/C9H11N3O/c10-7-3-1-2-6(4-7)8-5-11-9(13)12-8/h1-4,8H,5,10H2,(H2,11,12,13). The smallest absolute Gasteiger partial charge is 0.315 e. The van der Waals surface area contributed by atoms with Gasteiger partial charge in [-0.2, -0.15) is 0 Å². The molecule has 13 heavy (non-hydrogen) atoms. The second-order valence-corrected chi connectivity index (χ2v) is 3.08. The molecule has 0 spiro atoms. The highest BCUT2D eigenvalue weighted by atomic mass is 16.2. The highest BCUT2D eigenvalue weighted by Crippen LogP contribution is 2.17. The number of hydrogen-bond donors (Lipinski definition) is 3. The van der Waals surface area contributed by atoms with E-state index in [2.05, 4.69) is 10.6 Å². The molecule has 2 rings (SSSR count). The zero-order valence-electron chi connectivity index (χ0n) is 7.08. The highest BCUT2D eigenvalue weighted by Gasteiger charge is 2.20. The normalized spacial score (nSPS) is 20.9. The molecule has 1 unspecified atom stereocenters. The van der Waals surface area contributed by atoms with Gasteiger partial charge in [-0.1, -0.05) is 12.1 Å². The quantitative estimate of drug-likeness (QED) is 0.550. The van der Waals surface area contributed by atoms with E-state index in [9.17, 15) is 4.79 Å². The molecule has 1 aliphatic rings. The van der Waals surface area contributed by atoms with E-state index < -0.39 is 0 Å². The van der Waals surface area contributed by atoms with Crippen LogP contribution in [0.15, 0.2) is 24.3 Å². The molecule has 68 valence electrons. The van der Waals surface area contributed by atoms with Gasteiger partial charge in [0.15, 0.2) is 0 Å². The van der Waals surface area contributed by atoms with Gasteiger partial charge in [-0.15, -0.1) is 0 Å². The van der Waals surface area contributed by atoms with Crippen LogP contribution in [0.1, 0.15) is 11.6 Å². The number of hydrogen-bond acceptors (Lipinski definition) is 2. The summed E-state index contributed by atoms with van der Waals surface area (Å²) in [6.07, 6.45) is 0. The Morgan fingerprint density at radius 2 is 2.31 bits per heavy atom. The van der Waals surface area contributed by atoms with Crippen LogP contribution in [0.3, 0.4) is 0 Å². The third kappa shape index (κ3) is 1.56. The number of benzene rings is 1. The predicted molar refractivity (Wildman–Crippen MR) is 50.1 cm³/mol. The minimum Gasteiger partial charge on any atom is -0.399 e. The Kier molecular flexibility index (Phi) is 1.81. The molecule has 1 saturated heterocycles. The van der Waals surface area contributed by atoms with Crippen molar-refractivity contribution in [2.45, 2.75) is 6.04 Å². The van der Waals surface area contributed by atoms with Gasteiger partial charge < -0.3 is 16.4 Å². The average molecular weight is 177 g/mol. The van der Waals surface area contributed by atoms with E-state index in [-0.39, 0.29) is 12.1 Å². The fourth-order valence-corrected chi connectivity index (χ4v) is 1.43. The highest BCUT2D eigenvalue weighted by molar-refractivity contribution is 5.77. The summed E-state index contributed by atoms with van der Waals surface area (Å²) in [4.78, 5) is 10.9. The lowest BCUT2D eigenvalue weighted by Crippen LogP contribution is -2.21. The number of amides is 2. The van der Waals surface area contributed by atoms with Gasteiger partial charge in [0.25, 0.3) is 0 Å². The summed E-state index contributed by atoms with van der Waals surface area (Å²) in [5.41, 5.74) is 7.39. The Morgan fingerprint density at radius 1 is 1.46 bits per heavy atom. The maximum atomic E-state index is 10.9. The zero-order chi connectivity index (χ0) is 9.26. The van der Waals surface area contributed by atoms with Crippen molar-refractivity contribution in [1.82, 2.24) is 10.6 Å². The molecule has 0 aromatic heterocycles. The maximum Gasteiger partial charge on any atom is 0.315 e. The number of carbonyl (C=O) groups is 1. The van der Waals surface area contributed by atoms with Gasteiger partial charge in [0, 0.05) is 12.2 Å². The Balaban J connectivity index is 2.21. The van der Waals surface area contributed by atoms with Crippen LogP contribution in [0, 0.1) is 0 Å². The van der Waals surface area contributed by atoms with Crippen LogP contribution in [-0.4, -0.2) is 12.6 Å². The first-order chi connectivity index (χ1) is 6.25. The summed E-state index contributed by atoms with van der Waals surface area (Å²) in [5.74, 6) is 0. The van der Waals surface area contributed by atoms with Crippen molar-refractivity contribution in [2.24, 2.45) is 0 Å². The van der Waals surface area contributed by atoms with Gasteiger partial charge in [0.1, 0.15) is 0 Å². The molecule has 1 heterocycles. The summed E-state index contributed by atoms with van der Waals surface area (Å²) in [5, 5.41) is 5.49. The summed E-state index contributed by atoms with van der Waals surface area (Å²) in [7, 11) is 0. The van der Waals surface area contributed by atoms with Crippen LogP contribution in [0.25, 0.3) is 0 Å². The number of urea groups is 1. The lowest BCUT2D eigenvalue weighted by atomic mass is 10.1. The molecular weight excluding hydrogens is 166 g/mol. The van der Waals surface area contributed by atoms with E-state index in [0.717, 1.165) is 11.3 Å². The molecule has 1 aliphatic heterocycles. The fraction of sp³-hybridized carbons (Fsp3) is 0.222. The molecule has 0 radical (unpaired) electrons. The third-order valence-electron chi connectivity index (χ3n) is 2.09. The van der Waals surface area contributed by atoms with Gasteiger partial charge in [0.05, 0.1) is 6.04 Å². The number of nitrogens with two attached hydrogens (primary N) is 1. The zero-order valence-corrected chi connectivity index (χ0v) is 7.08. The van der Waals surface area contributed by atoms with Gasteiger partial charge in [0.2, 0.25) is 0 Å². The average Bonchev–Trinajstić information content (AvgIpc) is 2.52. The van der Waals surface area contributed by atoms with E-state index in [4.69, 9.17) is 5.73 Å². The van der Waals surface area contributed by atoms with Crippen LogP contribution >= 0.6 is 0 Å². The first-order valence-electron chi connectivity index (χ1n) is 4.15. The van der Waals surface area contributed by atoms with Gasteiger partial charge in [-0.3, -0.25) is 0 Å². The van der Waals surface area contributed by atoms with Crippen molar-refractivity contribution in [3.8, 4) is 0 Å². The number of rotatable bonds is 1. The molecule has 1 aromatic carbocycles. The second kappa shape index (κ2) is 2.97. The fourth-order valence-electron chi connectivity index (χ4n) is 1.43. The number of nitrogens with one attached hydrogen (secondary N) is 2. The molecule has 0 aliphatic carbocycles. The largest absolute Gasteiger partial charge is 0.399 e. The maximum absolute atomic E-state index is 10.9. The minimum absolute atomic E-state index is 0.0519. The van der Waals surface area contributed by atoms with Crippen LogP contribution in [0.2, 0.25) is 0 Å². The summed E-state index contributed by atoms with van der Waals surface area (Å²) < 4.78 is 0. The molecule has 0 saturated carbocycles. The number of nitrogen functional groups attached to an aromatic ring is 1. The topological polar surface area (TPSA) is 67.1 Å². The van der Waals surface area contributed by atoms with E-state index in [1.54, 1.807) is 0 Å². The molecule has 1 fully saturated rings. The van der Waals surface area contributed by atoms with Crippen molar-refractivity contribution in [3.63, 3.8) is 0 Å². The van der Waals surface area contributed by atoms with Crippen molar-refractivity contribution in [2.75, 3.05) is 12.3 Å². The van der Waals surface area contributed by atoms with Gasteiger partial charge >= 0.3 is 6.03 Å². The minimum atomic E-state index is -0.118. The van der Waals surface area contributed by atoms with Crippen LogP contribution < -0.4 is 16.4 Å². The first-order valence-corrected chi connectivity index (χ1v) is 4.15. The lowest BCUT2D eigenvalue weighted by molar-refractivity contribution is 0.247. The molecule has 4 N–H and O–H groups in total. The van der Waals surface area contributed by atoms with Crippen LogP contribution in [0.5, 0.6) is 0 Å². The van der Waals surface area contributed by atoms with E-state index >= 15 is 0 Å². The van der Waals surface area contributed by atoms with Crippen molar-refractivity contribution in [1.29, 1.82) is 0 Å². The molecule has 1 atom stereocenters. The second-order valence-electron chi connectivity index (χ2n) is 3.08. The van der Waals surface area contributed by atoms with Gasteiger partial charge in [-0.05, 0) is 17.7 Å². The van der Waals surface area contributed by atoms with Crippen LogP contribution in [0.4, 0.5) is 10.5 Å². The van der Waals surface area contributed by atoms with E-state index in [1.165, 1.54) is 0 Å². The Labute approximate surface area is 76.1 Å². The SMILES string of the molecule is Nc1cccc(C2CNC(=O)N2)c1. The Bertz CT molecular complexity index is 337. The first kappa shape index (κ1) is 7.91. The summed E-state index contributed by atoms with van der Waals surface area (Å²) in [6, 6.07) is 7.47. The van der Waals surface area contributed by atoms with E-state index in [1.807, 2.05) is 24.3 Å². The molecule has 2 amide bonds. The molecule has 0 bridgehead atoms. The third-order valence-corrected chi connectivity index (χ3v) is 2.09. The van der Waals surface area contributed by atoms with Crippen LogP contribution in [-0.2, 0) is 0 Å². The Hall–Kier alpha value is -1.71. The molecule has 4 nitrogen and oxygen atoms in total. The van der Waals surface area contributed by atoms with Gasteiger partial charge in [-0.25, -0.2) is 4.79 Å². The number of anilines is 1. The number of carbonyl (C=O) groups excluding carboxylic acids is 1. The monoisotopic (exact) mass is 177 g/mol. The van der Waals surface area contributed by atoms with E-state index in [0.29, 0.717) is 6.54 Å². The van der Waals surface area contributed by atoms with Crippen molar-refractivity contribution < 1.29 is 4.79 Å². The summed E-state index contributed by atoms with van der Waals surface area (Å²) >= 11 is 0. The van der Waals surface area contributed by atoms with Crippen molar-refractivity contribution >= 4 is 11.7 Å². The molecular formula is C9H11N3O. The summed E-state index contributed by atoms with van der Waals surface area (Å²) in [6.45, 7) is 0.627. The molecule has 1 aromatic rings. The lowest BCUT2D eigenvalue weighted by Gasteiger charge is -2.08.